The van der Waals surface area contributed by atoms with Gasteiger partial charge in [-0.2, -0.15) is 0 Å². The molecule has 0 aliphatic carbocycles. The smallest absolute Gasteiger partial charge is 0.267 e. The summed E-state index contributed by atoms with van der Waals surface area (Å²) in [5, 5.41) is 20.3. The molecule has 1 rings (SSSR count). The summed E-state index contributed by atoms with van der Waals surface area (Å²) >= 11 is 0. The lowest BCUT2D eigenvalue weighted by Gasteiger charge is -2.31. The van der Waals surface area contributed by atoms with E-state index in [0.29, 0.717) is 12.0 Å². The van der Waals surface area contributed by atoms with Crippen LogP contribution in [0.2, 0.25) is 0 Å². The van der Waals surface area contributed by atoms with Crippen LogP contribution < -0.4 is 10.8 Å². The number of benzene rings is 1. The molecule has 0 fully saturated rings. The van der Waals surface area contributed by atoms with Crippen LogP contribution in [0.1, 0.15) is 36.2 Å². The van der Waals surface area contributed by atoms with E-state index in [1.165, 1.54) is 38.6 Å². The second kappa shape index (κ2) is 11.5. The third kappa shape index (κ3) is 7.39. The predicted octanol–water partition coefficient (Wildman–Crippen LogP) is -0.134. The Labute approximate surface area is 182 Å². The van der Waals surface area contributed by atoms with E-state index in [1.54, 1.807) is 12.1 Å². The molecule has 9 nitrogen and oxygen atoms in total. The first-order chi connectivity index (χ1) is 14.5. The van der Waals surface area contributed by atoms with Crippen LogP contribution in [0.25, 0.3) is 0 Å². The van der Waals surface area contributed by atoms with Crippen LogP contribution in [0, 0.1) is 23.7 Å². The first-order valence-electron chi connectivity index (χ1n) is 9.15. The minimum Gasteiger partial charge on any atom is -0.394 e. The number of carbonyl (C=O) groups excluding carboxylic acids is 2. The van der Waals surface area contributed by atoms with Crippen LogP contribution in [0.15, 0.2) is 24.3 Å². The van der Waals surface area contributed by atoms with Crippen molar-refractivity contribution in [3.63, 3.8) is 0 Å². The van der Waals surface area contributed by atoms with Crippen LogP contribution in [0.5, 0.6) is 0 Å². The highest BCUT2D eigenvalue weighted by Gasteiger charge is 2.44. The lowest BCUT2D eigenvalue weighted by molar-refractivity contribution is -0.131. The molecule has 0 radical (unpaired) electrons. The lowest BCUT2D eigenvalue weighted by atomic mass is 10.0. The van der Waals surface area contributed by atoms with E-state index in [9.17, 15) is 18.0 Å². The molecule has 0 bridgehead atoms. The molecular formula is C21H26N2O7S. The third-order valence-electron chi connectivity index (χ3n) is 4.67. The van der Waals surface area contributed by atoms with Gasteiger partial charge in [0.05, 0.1) is 17.5 Å². The van der Waals surface area contributed by atoms with Crippen molar-refractivity contribution in [2.75, 3.05) is 20.0 Å². The zero-order valence-electron chi connectivity index (χ0n) is 17.7. The topological polar surface area (TPSA) is 142 Å². The number of ether oxygens (including phenoxy) is 1. The van der Waals surface area contributed by atoms with Crippen molar-refractivity contribution in [3.05, 3.63) is 35.4 Å². The second-order valence-corrected chi connectivity index (χ2v) is 9.73. The fourth-order valence-electron chi connectivity index (χ4n) is 2.29. The number of rotatable bonds is 8. The largest absolute Gasteiger partial charge is 0.394 e. The van der Waals surface area contributed by atoms with Gasteiger partial charge in [0.1, 0.15) is 6.04 Å². The summed E-state index contributed by atoms with van der Waals surface area (Å²) in [6, 6.07) is 4.53. The highest BCUT2D eigenvalue weighted by atomic mass is 32.2. The Kier molecular flexibility index (Phi) is 9.69. The molecule has 0 saturated carbocycles. The van der Waals surface area contributed by atoms with Crippen molar-refractivity contribution in [3.8, 4) is 23.7 Å². The Morgan fingerprint density at radius 2 is 1.81 bits per heavy atom. The van der Waals surface area contributed by atoms with Gasteiger partial charge < -0.3 is 15.2 Å². The molecule has 2 atom stereocenters. The fourth-order valence-corrected chi connectivity index (χ4v) is 2.88. The number of hydroxylamine groups is 1. The molecular weight excluding hydrogens is 424 g/mol. The van der Waals surface area contributed by atoms with Gasteiger partial charge in [-0.15, -0.1) is 0 Å². The van der Waals surface area contributed by atoms with Crippen molar-refractivity contribution < 1.29 is 33.1 Å². The van der Waals surface area contributed by atoms with Crippen molar-refractivity contribution in [1.29, 1.82) is 0 Å². The number of sulfone groups is 1. The number of carbonyl (C=O) groups is 2. The number of nitrogens with one attached hydrogen (secondary N) is 2. The van der Waals surface area contributed by atoms with E-state index in [1.807, 2.05) is 0 Å². The molecule has 1 unspecified atom stereocenters. The van der Waals surface area contributed by atoms with Gasteiger partial charge in [-0.3, -0.25) is 14.8 Å². The van der Waals surface area contributed by atoms with Crippen molar-refractivity contribution in [1.82, 2.24) is 10.8 Å². The second-order valence-electron chi connectivity index (χ2n) is 7.13. The average molecular weight is 451 g/mol. The molecule has 0 saturated heterocycles. The molecule has 168 valence electrons. The van der Waals surface area contributed by atoms with Crippen LogP contribution in [-0.2, 0) is 19.4 Å². The maximum Gasteiger partial charge on any atom is 0.267 e. The Morgan fingerprint density at radius 1 is 1.19 bits per heavy atom. The quantitative estimate of drug-likeness (QED) is 0.245. The Bertz CT molecular complexity index is 1010. The maximum absolute atomic E-state index is 12.5. The van der Waals surface area contributed by atoms with E-state index in [2.05, 4.69) is 29.0 Å². The Hall–Kier alpha value is -2.89. The van der Waals surface area contributed by atoms with Gasteiger partial charge in [0.25, 0.3) is 11.8 Å². The molecule has 0 aliphatic rings. The minimum atomic E-state index is -3.75. The molecule has 0 aliphatic heterocycles. The summed E-state index contributed by atoms with van der Waals surface area (Å²) < 4.78 is 27.4. The fraction of sp³-hybridized carbons (Fsp3) is 0.429. The number of hydrogen-bond donors (Lipinski definition) is 4. The van der Waals surface area contributed by atoms with Gasteiger partial charge in [0.2, 0.25) is 0 Å². The Morgan fingerprint density at radius 3 is 2.29 bits per heavy atom. The minimum absolute atomic E-state index is 0.135. The van der Waals surface area contributed by atoms with Crippen LogP contribution in [-0.4, -0.2) is 67.4 Å². The van der Waals surface area contributed by atoms with Gasteiger partial charge >= 0.3 is 0 Å². The predicted molar refractivity (Wildman–Crippen MR) is 114 cm³/mol. The number of amides is 2. The van der Waals surface area contributed by atoms with Crippen molar-refractivity contribution in [2.24, 2.45) is 0 Å². The molecule has 0 aromatic heterocycles. The summed E-state index contributed by atoms with van der Waals surface area (Å²) in [6.07, 6.45) is 0.913. The molecule has 1 aromatic rings. The number of aliphatic hydroxyl groups is 1. The van der Waals surface area contributed by atoms with Gasteiger partial charge in [-0.1, -0.05) is 11.8 Å². The summed E-state index contributed by atoms with van der Waals surface area (Å²) in [7, 11) is -2.28. The zero-order valence-corrected chi connectivity index (χ0v) is 18.5. The van der Waals surface area contributed by atoms with E-state index >= 15 is 0 Å². The van der Waals surface area contributed by atoms with Gasteiger partial charge in [0.15, 0.2) is 9.84 Å². The van der Waals surface area contributed by atoms with Crippen molar-refractivity contribution in [2.45, 2.75) is 37.2 Å². The summed E-state index contributed by atoms with van der Waals surface area (Å²) in [5.41, 5.74) is 2.14. The summed E-state index contributed by atoms with van der Waals surface area (Å²) in [4.78, 5) is 24.5. The summed E-state index contributed by atoms with van der Waals surface area (Å²) in [6.45, 7) is 2.42. The van der Waals surface area contributed by atoms with Gasteiger partial charge in [-0.05, 0) is 50.0 Å². The van der Waals surface area contributed by atoms with Crippen LogP contribution >= 0.6 is 0 Å². The van der Waals surface area contributed by atoms with E-state index in [-0.39, 0.29) is 18.3 Å². The van der Waals surface area contributed by atoms with Crippen LogP contribution in [0.4, 0.5) is 0 Å². The summed E-state index contributed by atoms with van der Waals surface area (Å²) in [5.74, 6) is 9.11. The maximum atomic E-state index is 12.5. The van der Waals surface area contributed by atoms with E-state index < -0.39 is 32.4 Å². The number of aliphatic hydroxyl groups excluding tert-OH is 1. The zero-order chi connectivity index (χ0) is 23.7. The first kappa shape index (κ1) is 26.1. The van der Waals surface area contributed by atoms with Crippen molar-refractivity contribution >= 4 is 21.7 Å². The molecule has 10 heteroatoms. The van der Waals surface area contributed by atoms with Gasteiger partial charge in [0, 0.05) is 30.9 Å². The average Bonchev–Trinajstić information content (AvgIpc) is 2.73. The highest BCUT2D eigenvalue weighted by molar-refractivity contribution is 7.92. The van der Waals surface area contributed by atoms with E-state index in [4.69, 9.17) is 15.1 Å². The van der Waals surface area contributed by atoms with Gasteiger partial charge in [-0.25, -0.2) is 13.9 Å². The Balaban J connectivity index is 2.93. The number of hydrogen-bond acceptors (Lipinski definition) is 7. The standard InChI is InChI=1S/C21H26N2O7S/c1-21(2,31(4,28)29)18(20(26)23-27)22-19(25)16-12-10-15(11-13-16)8-6-5-7-9-17(14-24)30-3/h10-13,17-18,24,27H,9,14H2,1-4H3,(H,22,25)(H,23,26)/t17?,18-/m1/s1. The molecule has 2 amide bonds. The third-order valence-corrected chi connectivity index (χ3v) is 6.82. The monoisotopic (exact) mass is 450 g/mol. The molecule has 31 heavy (non-hydrogen) atoms. The lowest BCUT2D eigenvalue weighted by Crippen LogP contribution is -2.60. The molecule has 0 heterocycles. The van der Waals surface area contributed by atoms with Crippen LogP contribution in [0.3, 0.4) is 0 Å². The molecule has 1 aromatic carbocycles. The SMILES string of the molecule is COC(CO)CC#CC#Cc1ccc(C(=O)N[C@H](C(=O)NO)C(C)(C)S(C)(=O)=O)cc1. The normalized spacial score (nSPS) is 13.0. The first-order valence-corrected chi connectivity index (χ1v) is 11.0. The highest BCUT2D eigenvalue weighted by Crippen LogP contribution is 2.21. The molecule has 4 N–H and O–H groups in total. The number of methoxy groups -OCH3 is 1. The molecule has 0 spiro atoms. The van der Waals surface area contributed by atoms with E-state index in [0.717, 1.165) is 6.26 Å².